The molecule has 19 heavy (non-hydrogen) atoms. The van der Waals surface area contributed by atoms with E-state index in [1.54, 1.807) is 25.2 Å². The van der Waals surface area contributed by atoms with E-state index in [2.05, 4.69) is 15.3 Å². The molecule has 0 unspecified atom stereocenters. The molecule has 1 N–H and O–H groups in total. The lowest BCUT2D eigenvalue weighted by molar-refractivity contribution is 0.296. The Labute approximate surface area is 121 Å². The first-order valence-electron chi connectivity index (χ1n) is 5.69. The third kappa shape index (κ3) is 3.49. The van der Waals surface area contributed by atoms with Gasteiger partial charge in [0.05, 0.1) is 5.02 Å². The molecule has 0 aliphatic carbocycles. The highest BCUT2D eigenvalue weighted by molar-refractivity contribution is 6.42. The molecular weight excluding hydrogens is 285 g/mol. The van der Waals surface area contributed by atoms with Gasteiger partial charge in [0.1, 0.15) is 23.2 Å². The first kappa shape index (κ1) is 13.9. The van der Waals surface area contributed by atoms with E-state index in [1.807, 2.05) is 13.0 Å². The van der Waals surface area contributed by atoms with Gasteiger partial charge in [-0.3, -0.25) is 0 Å². The summed E-state index contributed by atoms with van der Waals surface area (Å²) in [4.78, 5) is 8.59. The van der Waals surface area contributed by atoms with E-state index in [0.717, 1.165) is 11.5 Å². The highest BCUT2D eigenvalue weighted by Gasteiger charge is 2.07. The Morgan fingerprint density at radius 1 is 1.26 bits per heavy atom. The Morgan fingerprint density at radius 3 is 2.79 bits per heavy atom. The molecule has 0 radical (unpaired) electrons. The van der Waals surface area contributed by atoms with E-state index in [4.69, 9.17) is 27.9 Å². The molecule has 0 fully saturated rings. The molecule has 6 heteroatoms. The van der Waals surface area contributed by atoms with Crippen LogP contribution in [0.15, 0.2) is 24.3 Å². The van der Waals surface area contributed by atoms with Crippen LogP contribution in [-0.4, -0.2) is 17.0 Å². The predicted octanol–water partition coefficient (Wildman–Crippen LogP) is 3.71. The van der Waals surface area contributed by atoms with Gasteiger partial charge in [0.15, 0.2) is 5.82 Å². The molecule has 0 saturated heterocycles. The number of aromatic nitrogens is 2. The number of hydrogen-bond acceptors (Lipinski definition) is 4. The monoisotopic (exact) mass is 297 g/mol. The fourth-order valence-corrected chi connectivity index (χ4v) is 1.91. The minimum Gasteiger partial charge on any atom is -0.484 e. The van der Waals surface area contributed by atoms with Crippen molar-refractivity contribution >= 4 is 29.0 Å². The Kier molecular flexibility index (Phi) is 4.45. The number of nitrogens with zero attached hydrogens (tertiary/aromatic N) is 2. The average molecular weight is 298 g/mol. The quantitative estimate of drug-likeness (QED) is 0.934. The van der Waals surface area contributed by atoms with Crippen molar-refractivity contribution < 1.29 is 4.74 Å². The Morgan fingerprint density at radius 2 is 2.05 bits per heavy atom. The van der Waals surface area contributed by atoms with Crippen molar-refractivity contribution in [3.05, 3.63) is 45.8 Å². The summed E-state index contributed by atoms with van der Waals surface area (Å²) in [7, 11) is 1.81. The van der Waals surface area contributed by atoms with Gasteiger partial charge in [-0.25, -0.2) is 9.97 Å². The van der Waals surface area contributed by atoms with Gasteiger partial charge in [-0.2, -0.15) is 0 Å². The largest absolute Gasteiger partial charge is 0.484 e. The molecule has 1 aromatic heterocycles. The molecule has 0 aliphatic heterocycles. The van der Waals surface area contributed by atoms with Crippen molar-refractivity contribution in [3.63, 3.8) is 0 Å². The normalized spacial score (nSPS) is 10.3. The van der Waals surface area contributed by atoms with Crippen LogP contribution in [0.25, 0.3) is 0 Å². The van der Waals surface area contributed by atoms with E-state index < -0.39 is 0 Å². The molecule has 2 rings (SSSR count). The topological polar surface area (TPSA) is 47.0 Å². The molecule has 0 bridgehead atoms. The van der Waals surface area contributed by atoms with Crippen molar-refractivity contribution in [1.82, 2.24) is 9.97 Å². The van der Waals surface area contributed by atoms with Crippen LogP contribution in [0.3, 0.4) is 0 Å². The Hall–Kier alpha value is -1.52. The van der Waals surface area contributed by atoms with E-state index in [9.17, 15) is 0 Å². The molecule has 0 aliphatic rings. The number of hydrogen-bond donors (Lipinski definition) is 1. The minimum absolute atomic E-state index is 0.233. The van der Waals surface area contributed by atoms with E-state index in [1.165, 1.54) is 0 Å². The molecule has 4 nitrogen and oxygen atoms in total. The molecule has 2 aromatic rings. The van der Waals surface area contributed by atoms with Gasteiger partial charge in [0, 0.05) is 18.8 Å². The summed E-state index contributed by atoms with van der Waals surface area (Å²) in [5.74, 6) is 1.86. The first-order valence-corrected chi connectivity index (χ1v) is 6.45. The third-order valence-electron chi connectivity index (χ3n) is 2.43. The fraction of sp³-hybridized carbons (Fsp3) is 0.231. The molecule has 1 heterocycles. The van der Waals surface area contributed by atoms with Gasteiger partial charge < -0.3 is 10.1 Å². The van der Waals surface area contributed by atoms with Gasteiger partial charge in [0.25, 0.3) is 0 Å². The van der Waals surface area contributed by atoms with Crippen LogP contribution in [0.5, 0.6) is 5.75 Å². The molecular formula is C13H13Cl2N3O. The molecule has 0 saturated carbocycles. The maximum Gasteiger partial charge on any atom is 0.168 e. The average Bonchev–Trinajstić information content (AvgIpc) is 2.40. The van der Waals surface area contributed by atoms with E-state index in [-0.39, 0.29) is 6.61 Å². The van der Waals surface area contributed by atoms with Crippen LogP contribution in [0.1, 0.15) is 11.5 Å². The number of rotatable bonds is 4. The summed E-state index contributed by atoms with van der Waals surface area (Å²) in [6.45, 7) is 2.13. The smallest absolute Gasteiger partial charge is 0.168 e. The van der Waals surface area contributed by atoms with E-state index in [0.29, 0.717) is 21.6 Å². The zero-order chi connectivity index (χ0) is 13.8. The van der Waals surface area contributed by atoms with Crippen LogP contribution >= 0.6 is 23.2 Å². The zero-order valence-electron chi connectivity index (χ0n) is 10.6. The molecule has 100 valence electrons. The van der Waals surface area contributed by atoms with Gasteiger partial charge >= 0.3 is 0 Å². The Balaban J connectivity index is 2.14. The maximum absolute atomic E-state index is 6.04. The lowest BCUT2D eigenvalue weighted by atomic mass is 10.3. The summed E-state index contributed by atoms with van der Waals surface area (Å²) in [6.07, 6.45) is 0. The second-order valence-electron chi connectivity index (χ2n) is 3.90. The minimum atomic E-state index is 0.233. The second-order valence-corrected chi connectivity index (χ2v) is 4.69. The van der Waals surface area contributed by atoms with Crippen LogP contribution in [-0.2, 0) is 6.61 Å². The van der Waals surface area contributed by atoms with Gasteiger partial charge in [-0.05, 0) is 19.1 Å². The van der Waals surface area contributed by atoms with Gasteiger partial charge in [-0.15, -0.1) is 0 Å². The summed E-state index contributed by atoms with van der Waals surface area (Å²) >= 11 is 12.0. The number of halogens is 2. The Bertz CT molecular complexity index is 590. The van der Waals surface area contributed by atoms with Crippen molar-refractivity contribution in [2.24, 2.45) is 0 Å². The van der Waals surface area contributed by atoms with Crippen LogP contribution in [0.4, 0.5) is 5.82 Å². The number of anilines is 1. The highest BCUT2D eigenvalue weighted by Crippen LogP contribution is 2.31. The fourth-order valence-electron chi connectivity index (χ4n) is 1.56. The second kappa shape index (κ2) is 6.08. The lowest BCUT2D eigenvalue weighted by Crippen LogP contribution is -2.05. The molecule has 0 spiro atoms. The van der Waals surface area contributed by atoms with Crippen molar-refractivity contribution in [2.45, 2.75) is 13.5 Å². The summed E-state index contributed by atoms with van der Waals surface area (Å²) in [5.41, 5.74) is 0.871. The number of ether oxygens (including phenoxy) is 1. The van der Waals surface area contributed by atoms with Gasteiger partial charge in [0.2, 0.25) is 0 Å². The lowest BCUT2D eigenvalue weighted by Gasteiger charge is -2.09. The summed E-state index contributed by atoms with van der Waals surface area (Å²) in [6, 6.07) is 7.09. The van der Waals surface area contributed by atoms with Gasteiger partial charge in [-0.1, -0.05) is 29.3 Å². The summed E-state index contributed by atoms with van der Waals surface area (Å²) < 4.78 is 5.59. The zero-order valence-corrected chi connectivity index (χ0v) is 12.1. The van der Waals surface area contributed by atoms with Crippen molar-refractivity contribution in [3.8, 4) is 5.75 Å². The van der Waals surface area contributed by atoms with Crippen molar-refractivity contribution in [2.75, 3.05) is 12.4 Å². The number of nitrogens with one attached hydrogen (secondary N) is 1. The molecule has 1 aromatic carbocycles. The summed E-state index contributed by atoms with van der Waals surface area (Å²) in [5, 5.41) is 3.83. The van der Waals surface area contributed by atoms with Crippen molar-refractivity contribution in [1.29, 1.82) is 0 Å². The maximum atomic E-state index is 6.04. The number of aryl methyl sites for hydroxylation is 1. The molecule has 0 amide bonds. The number of benzene rings is 1. The molecule has 0 atom stereocenters. The van der Waals surface area contributed by atoms with Crippen LogP contribution in [0, 0.1) is 6.92 Å². The first-order chi connectivity index (χ1) is 9.10. The highest BCUT2D eigenvalue weighted by atomic mass is 35.5. The predicted molar refractivity (Wildman–Crippen MR) is 77.1 cm³/mol. The standard InChI is InChI=1S/C13H13Cl2N3O/c1-8-6-11(16-2)18-12(17-8)7-19-10-5-3-4-9(14)13(10)15/h3-6H,7H2,1-2H3,(H,16,17,18). The van der Waals surface area contributed by atoms with Crippen LogP contribution in [0.2, 0.25) is 10.0 Å². The van der Waals surface area contributed by atoms with Crippen LogP contribution < -0.4 is 10.1 Å². The van der Waals surface area contributed by atoms with E-state index >= 15 is 0 Å². The SMILES string of the molecule is CNc1cc(C)nc(COc2cccc(Cl)c2Cl)n1. The third-order valence-corrected chi connectivity index (χ3v) is 3.23.